The third kappa shape index (κ3) is 9.01. The summed E-state index contributed by atoms with van der Waals surface area (Å²) < 4.78 is 100. The Hall–Kier alpha value is -5.74. The van der Waals surface area contributed by atoms with Gasteiger partial charge in [0.05, 0.1) is 11.4 Å². The lowest BCUT2D eigenvalue weighted by Gasteiger charge is -2.53. The van der Waals surface area contributed by atoms with Crippen LogP contribution in [0.5, 0.6) is 11.5 Å². The van der Waals surface area contributed by atoms with E-state index in [1.807, 2.05) is 60.8 Å². The SMILES string of the molecule is [2H]C([2H])([2H])c1cnc(-c2cc(Oc3cc(-c4cc(C5CCC(C)(C6CCC(C7([2H])CC(C)(C)CC(C)(C)C7)CC6C)CC5C)c(C)cn4)c4oc5c6ccccc6ccc5c4c3)c(C([2H])([2H])[2H])c(-c3ccccc3)c2)cc1C([2H])([2H])[2H]. The Bertz CT molecular complexity index is 3690. The van der Waals surface area contributed by atoms with Crippen molar-refractivity contribution in [2.24, 2.45) is 45.8 Å². The highest BCUT2D eigenvalue weighted by Gasteiger charge is 2.48. The van der Waals surface area contributed by atoms with Gasteiger partial charge in [-0.15, -0.1) is 0 Å². The average molecular weight is 951 g/mol. The molecule has 6 atom stereocenters. The van der Waals surface area contributed by atoms with Crippen molar-refractivity contribution in [1.82, 2.24) is 9.97 Å². The van der Waals surface area contributed by atoms with E-state index in [1.54, 1.807) is 24.3 Å². The molecule has 0 N–H and O–H groups in total. The zero-order chi connectivity index (χ0) is 58.0. The van der Waals surface area contributed by atoms with Crippen molar-refractivity contribution in [1.29, 1.82) is 0 Å². The largest absolute Gasteiger partial charge is 0.457 e. The number of hydrogen-bond donors (Lipinski definition) is 0. The number of pyridine rings is 2. The number of ether oxygens (including phenoxy) is 1. The Morgan fingerprint density at radius 1 is 0.648 bits per heavy atom. The molecule has 3 heterocycles. The number of aromatic nitrogens is 2. The first-order valence-electron chi connectivity index (χ1n) is 31.2. The van der Waals surface area contributed by atoms with Crippen LogP contribution in [0, 0.1) is 73.3 Å². The number of rotatable bonds is 8. The molecule has 11 rings (SSSR count). The molecule has 4 nitrogen and oxygen atoms in total. The van der Waals surface area contributed by atoms with Gasteiger partial charge in [-0.1, -0.05) is 109 Å². The van der Waals surface area contributed by atoms with Crippen molar-refractivity contribution < 1.29 is 22.9 Å². The van der Waals surface area contributed by atoms with E-state index in [2.05, 4.69) is 78.6 Å². The van der Waals surface area contributed by atoms with E-state index in [9.17, 15) is 1.37 Å². The van der Waals surface area contributed by atoms with Gasteiger partial charge in [0.2, 0.25) is 0 Å². The second-order valence-corrected chi connectivity index (χ2v) is 24.1. The van der Waals surface area contributed by atoms with E-state index in [0.717, 1.165) is 78.3 Å². The smallest absolute Gasteiger partial charge is 0.145 e. The fraction of sp³-hybridized carbons (Fsp3) is 0.433. The maximum atomic E-state index is 9.97. The molecule has 5 aromatic carbocycles. The molecule has 0 saturated heterocycles. The van der Waals surface area contributed by atoms with Gasteiger partial charge in [-0.25, -0.2) is 0 Å². The Morgan fingerprint density at radius 2 is 1.41 bits per heavy atom. The third-order valence-corrected chi connectivity index (χ3v) is 17.4. The summed E-state index contributed by atoms with van der Waals surface area (Å²) in [5.74, 6) is 2.24. The zero-order valence-electron chi connectivity index (χ0n) is 52.9. The number of benzene rings is 5. The van der Waals surface area contributed by atoms with E-state index < -0.39 is 20.6 Å². The predicted molar refractivity (Wildman–Crippen MR) is 297 cm³/mol. The molecule has 6 unspecified atom stereocenters. The van der Waals surface area contributed by atoms with Gasteiger partial charge in [-0.05, 0) is 224 Å². The molecule has 0 spiro atoms. The Morgan fingerprint density at radius 3 is 2.17 bits per heavy atom. The van der Waals surface area contributed by atoms with Crippen LogP contribution in [-0.2, 0) is 0 Å². The summed E-state index contributed by atoms with van der Waals surface area (Å²) in [5, 5.41) is 3.56. The van der Waals surface area contributed by atoms with E-state index in [4.69, 9.17) is 26.5 Å². The van der Waals surface area contributed by atoms with Crippen LogP contribution in [0.4, 0.5) is 0 Å². The summed E-state index contributed by atoms with van der Waals surface area (Å²) in [7, 11) is 0. The van der Waals surface area contributed by atoms with E-state index in [0.29, 0.717) is 74.5 Å². The molecule has 3 aliphatic carbocycles. The van der Waals surface area contributed by atoms with Crippen LogP contribution in [-0.4, -0.2) is 9.97 Å². The first kappa shape index (κ1) is 37.1. The number of aryl methyl sites for hydroxylation is 3. The summed E-state index contributed by atoms with van der Waals surface area (Å²) in [6.07, 6.45) is 13.0. The number of nitrogens with zero attached hydrogens (tertiary/aromatic N) is 2. The van der Waals surface area contributed by atoms with Crippen molar-refractivity contribution in [3.63, 3.8) is 0 Å². The van der Waals surface area contributed by atoms with Crippen LogP contribution in [0.15, 0.2) is 120 Å². The van der Waals surface area contributed by atoms with Crippen LogP contribution in [0.2, 0.25) is 0 Å². The first-order chi connectivity index (χ1) is 37.9. The number of fused-ring (bicyclic) bond motifs is 5. The molecule has 4 heteroatoms. The number of furan rings is 1. The quantitative estimate of drug-likeness (QED) is 0.152. The van der Waals surface area contributed by atoms with E-state index in [1.165, 1.54) is 24.5 Å². The Balaban J connectivity index is 0.989. The molecule has 3 saturated carbocycles. The van der Waals surface area contributed by atoms with Crippen molar-refractivity contribution >= 4 is 32.7 Å². The number of hydrogen-bond acceptors (Lipinski definition) is 4. The van der Waals surface area contributed by atoms with Gasteiger partial charge < -0.3 is 9.15 Å². The molecule has 0 bridgehead atoms. The summed E-state index contributed by atoms with van der Waals surface area (Å²) in [5.41, 5.74) is 6.19. The van der Waals surface area contributed by atoms with Crippen LogP contribution < -0.4 is 4.74 Å². The van der Waals surface area contributed by atoms with Gasteiger partial charge >= 0.3 is 0 Å². The predicted octanol–water partition coefficient (Wildman–Crippen LogP) is 19.4. The minimum atomic E-state index is -2.79. The van der Waals surface area contributed by atoms with Crippen molar-refractivity contribution in [3.8, 4) is 45.1 Å². The highest BCUT2D eigenvalue weighted by molar-refractivity contribution is 6.17. The second kappa shape index (κ2) is 18.1. The molecule has 3 fully saturated rings. The first-order valence-corrected chi connectivity index (χ1v) is 26.2. The van der Waals surface area contributed by atoms with Gasteiger partial charge in [0.25, 0.3) is 0 Å². The van der Waals surface area contributed by atoms with Crippen molar-refractivity contribution in [2.45, 2.75) is 140 Å². The van der Waals surface area contributed by atoms with Crippen LogP contribution in [0.3, 0.4) is 0 Å². The Labute approximate surface area is 438 Å². The maximum Gasteiger partial charge on any atom is 0.145 e. The van der Waals surface area contributed by atoms with E-state index in [-0.39, 0.29) is 50.3 Å². The summed E-state index contributed by atoms with van der Waals surface area (Å²) in [4.78, 5) is 9.64. The maximum absolute atomic E-state index is 9.97. The normalized spacial score (nSPS) is 27.7. The summed E-state index contributed by atoms with van der Waals surface area (Å²) in [6, 6.07) is 31.7. The van der Waals surface area contributed by atoms with Crippen molar-refractivity contribution in [2.75, 3.05) is 0 Å². The average Bonchev–Trinajstić information content (AvgIpc) is 3.82. The summed E-state index contributed by atoms with van der Waals surface area (Å²) in [6.45, 7) is 10.9. The monoisotopic (exact) mass is 951 g/mol. The molecular weight excluding hydrogens is 865 g/mol. The lowest BCUT2D eigenvalue weighted by molar-refractivity contribution is -0.0239. The van der Waals surface area contributed by atoms with Gasteiger partial charge in [-0.2, -0.15) is 0 Å². The topological polar surface area (TPSA) is 48.2 Å². The van der Waals surface area contributed by atoms with Gasteiger partial charge in [0.15, 0.2) is 0 Å². The molecular formula is C67H76N2O2. The highest BCUT2D eigenvalue weighted by Crippen LogP contribution is 2.59. The van der Waals surface area contributed by atoms with Crippen molar-refractivity contribution in [3.05, 3.63) is 143 Å². The second-order valence-electron chi connectivity index (χ2n) is 24.1. The molecule has 3 aliphatic rings. The van der Waals surface area contributed by atoms with Crippen LogP contribution in [0.25, 0.3) is 66.4 Å². The van der Waals surface area contributed by atoms with Gasteiger partial charge in [0, 0.05) is 53.4 Å². The standard InChI is InChI=1S/C67H76N2O2/c1-40-28-60(68-37-43(40)4)49-29-56(46-17-13-12-14-18-46)45(6)62(30-49)70-51-31-57-54-23-21-47-19-15-16-20-53(47)63(54)71-64(57)58(32-51)61-33-55(44(5)38-69-61)52-25-26-67(11,34-42(52)3)59-24-22-48(27-41(59)2)50-35-65(7,8)39-66(9,10)36-50/h12-21,23,28-33,37-38,41-42,48,50,52,59H,22,24-27,34-36,39H2,1-11H3/i1D3,4D3,6D3,50D. The minimum Gasteiger partial charge on any atom is -0.457 e. The molecule has 0 radical (unpaired) electrons. The molecule has 3 aromatic heterocycles. The fourth-order valence-corrected chi connectivity index (χ4v) is 14.7. The lowest BCUT2D eigenvalue weighted by Crippen LogP contribution is -2.43. The molecule has 71 heavy (non-hydrogen) atoms. The zero-order valence-corrected chi connectivity index (χ0v) is 42.9. The fourth-order valence-electron chi connectivity index (χ4n) is 14.7. The highest BCUT2D eigenvalue weighted by atomic mass is 16.5. The third-order valence-electron chi connectivity index (χ3n) is 17.4. The van der Waals surface area contributed by atoms with Crippen LogP contribution >= 0.6 is 0 Å². The lowest BCUT2D eigenvalue weighted by atomic mass is 9.52. The van der Waals surface area contributed by atoms with Crippen LogP contribution in [0.1, 0.15) is 154 Å². The molecule has 0 amide bonds. The van der Waals surface area contributed by atoms with Gasteiger partial charge in [0.1, 0.15) is 22.7 Å². The molecule has 8 aromatic rings. The summed E-state index contributed by atoms with van der Waals surface area (Å²) >= 11 is 0. The molecule has 0 aliphatic heterocycles. The van der Waals surface area contributed by atoms with E-state index >= 15 is 0 Å². The minimum absolute atomic E-state index is 0.00689. The molecule has 366 valence electrons. The van der Waals surface area contributed by atoms with Gasteiger partial charge in [-0.3, -0.25) is 9.97 Å². The Kier molecular flexibility index (Phi) is 9.44.